The molecule has 0 radical (unpaired) electrons. The van der Waals surface area contributed by atoms with Gasteiger partial charge in [-0.15, -0.1) is 0 Å². The number of anilines is 2. The Morgan fingerprint density at radius 1 is 0.950 bits per heavy atom. The quantitative estimate of drug-likeness (QED) is 0.682. The summed E-state index contributed by atoms with van der Waals surface area (Å²) in [6.07, 6.45) is 0. The maximum atomic E-state index is 6.37. The van der Waals surface area contributed by atoms with Crippen LogP contribution in [0.25, 0.3) is 0 Å². The molecule has 106 valence electrons. The highest BCUT2D eigenvalue weighted by Gasteiger charge is 2.18. The summed E-state index contributed by atoms with van der Waals surface area (Å²) < 4.78 is 0. The third-order valence-electron chi connectivity index (χ3n) is 3.28. The van der Waals surface area contributed by atoms with Gasteiger partial charge in [0.25, 0.3) is 0 Å². The molecule has 2 rings (SSSR count). The second kappa shape index (κ2) is 5.67. The van der Waals surface area contributed by atoms with Crippen LogP contribution in [0.4, 0.5) is 11.4 Å². The van der Waals surface area contributed by atoms with Crippen molar-refractivity contribution in [2.75, 3.05) is 5.32 Å². The highest BCUT2D eigenvalue weighted by Crippen LogP contribution is 2.38. The Morgan fingerprint density at radius 3 is 2.25 bits per heavy atom. The van der Waals surface area contributed by atoms with Gasteiger partial charge in [-0.05, 0) is 35.6 Å². The molecule has 0 aliphatic rings. The molecule has 2 aromatic rings. The van der Waals surface area contributed by atoms with Crippen LogP contribution < -0.4 is 5.32 Å². The highest BCUT2D eigenvalue weighted by atomic mass is 35.5. The highest BCUT2D eigenvalue weighted by molar-refractivity contribution is 6.39. The van der Waals surface area contributed by atoms with Gasteiger partial charge in [0.2, 0.25) is 0 Å². The van der Waals surface area contributed by atoms with Gasteiger partial charge in [0.1, 0.15) is 0 Å². The molecule has 1 N–H and O–H groups in total. The van der Waals surface area contributed by atoms with Crippen molar-refractivity contribution in [3.8, 4) is 0 Å². The number of nitrogens with one attached hydrogen (secondary N) is 1. The van der Waals surface area contributed by atoms with Gasteiger partial charge in [-0.25, -0.2) is 0 Å². The van der Waals surface area contributed by atoms with E-state index in [4.69, 9.17) is 23.2 Å². The zero-order valence-corrected chi connectivity index (χ0v) is 13.7. The summed E-state index contributed by atoms with van der Waals surface area (Å²) in [7, 11) is 0. The number of para-hydroxylation sites is 1. The Balaban J connectivity index is 2.49. The third-order valence-corrected chi connectivity index (χ3v) is 4.08. The van der Waals surface area contributed by atoms with E-state index in [1.54, 1.807) is 0 Å². The van der Waals surface area contributed by atoms with E-state index in [2.05, 4.69) is 38.2 Å². The Bertz CT molecular complexity index is 627. The Morgan fingerprint density at radius 2 is 1.60 bits per heavy atom. The van der Waals surface area contributed by atoms with Crippen molar-refractivity contribution in [1.82, 2.24) is 0 Å². The Kier molecular flexibility index (Phi) is 4.31. The lowest BCUT2D eigenvalue weighted by atomic mass is 9.86. The van der Waals surface area contributed by atoms with E-state index in [-0.39, 0.29) is 5.41 Å². The molecule has 1 nitrogen and oxygen atoms in total. The molecular weight excluding hydrogens is 289 g/mol. The topological polar surface area (TPSA) is 12.0 Å². The second-order valence-corrected chi connectivity index (χ2v) is 6.76. The van der Waals surface area contributed by atoms with E-state index < -0.39 is 0 Å². The molecule has 0 spiro atoms. The van der Waals surface area contributed by atoms with E-state index in [0.717, 1.165) is 16.9 Å². The van der Waals surface area contributed by atoms with Crippen LogP contribution in [0.15, 0.2) is 36.4 Å². The minimum atomic E-state index is 0.0480. The largest absolute Gasteiger partial charge is 0.353 e. The molecule has 3 heteroatoms. The van der Waals surface area contributed by atoms with Gasteiger partial charge in [0.15, 0.2) is 0 Å². The smallest absolute Gasteiger partial charge is 0.0765 e. The number of hydrogen-bond acceptors (Lipinski definition) is 1. The lowest BCUT2D eigenvalue weighted by Crippen LogP contribution is -2.13. The SMILES string of the molecule is Cc1ccc(Cl)c(Nc2ccccc2C(C)(C)C)c1Cl. The van der Waals surface area contributed by atoms with Crippen LogP contribution in [0.1, 0.15) is 31.9 Å². The molecule has 0 bridgehead atoms. The van der Waals surface area contributed by atoms with Crippen LogP contribution in [0.2, 0.25) is 10.0 Å². The fraction of sp³-hybridized carbons (Fsp3) is 0.294. The van der Waals surface area contributed by atoms with Gasteiger partial charge in [0.05, 0.1) is 15.7 Å². The molecule has 20 heavy (non-hydrogen) atoms. The number of benzene rings is 2. The molecule has 0 saturated heterocycles. The van der Waals surface area contributed by atoms with E-state index in [1.165, 1.54) is 5.56 Å². The van der Waals surface area contributed by atoms with Crippen LogP contribution in [0.3, 0.4) is 0 Å². The average Bonchev–Trinajstić information content (AvgIpc) is 2.38. The molecule has 0 amide bonds. The van der Waals surface area contributed by atoms with E-state index >= 15 is 0 Å². The van der Waals surface area contributed by atoms with Crippen molar-refractivity contribution in [3.63, 3.8) is 0 Å². The number of halogens is 2. The minimum Gasteiger partial charge on any atom is -0.353 e. The van der Waals surface area contributed by atoms with Gasteiger partial charge >= 0.3 is 0 Å². The summed E-state index contributed by atoms with van der Waals surface area (Å²) in [5.41, 5.74) is 4.09. The lowest BCUT2D eigenvalue weighted by molar-refractivity contribution is 0.592. The summed E-state index contributed by atoms with van der Waals surface area (Å²) in [6.45, 7) is 8.53. The minimum absolute atomic E-state index is 0.0480. The van der Waals surface area contributed by atoms with E-state index in [9.17, 15) is 0 Å². The standard InChI is InChI=1S/C17H19Cl2N/c1-11-9-10-13(18)16(15(11)19)20-14-8-6-5-7-12(14)17(2,3)4/h5-10,20H,1-4H3. The van der Waals surface area contributed by atoms with Crippen molar-refractivity contribution < 1.29 is 0 Å². The lowest BCUT2D eigenvalue weighted by Gasteiger charge is -2.24. The van der Waals surface area contributed by atoms with Gasteiger partial charge in [0, 0.05) is 5.69 Å². The predicted molar refractivity (Wildman–Crippen MR) is 89.6 cm³/mol. The van der Waals surface area contributed by atoms with Crippen molar-refractivity contribution in [1.29, 1.82) is 0 Å². The monoisotopic (exact) mass is 307 g/mol. The molecule has 0 saturated carbocycles. The Hall–Kier alpha value is -1.18. The zero-order chi connectivity index (χ0) is 14.9. The second-order valence-electron chi connectivity index (χ2n) is 5.97. The van der Waals surface area contributed by atoms with Crippen LogP contribution in [-0.4, -0.2) is 0 Å². The van der Waals surface area contributed by atoms with E-state index in [0.29, 0.717) is 10.0 Å². The van der Waals surface area contributed by atoms with E-state index in [1.807, 2.05) is 31.2 Å². The van der Waals surface area contributed by atoms with Crippen molar-refractivity contribution in [3.05, 3.63) is 57.6 Å². The Labute approximate surface area is 130 Å². The fourth-order valence-electron chi connectivity index (χ4n) is 2.15. The summed E-state index contributed by atoms with van der Waals surface area (Å²) in [5, 5.41) is 4.69. The predicted octanol–water partition coefficient (Wildman–Crippen LogP) is 6.34. The normalized spacial score (nSPS) is 11.5. The fourth-order valence-corrected chi connectivity index (χ4v) is 2.62. The van der Waals surface area contributed by atoms with Gasteiger partial charge < -0.3 is 5.32 Å². The third kappa shape index (κ3) is 3.11. The molecule has 0 aliphatic carbocycles. The first-order valence-electron chi connectivity index (χ1n) is 6.62. The summed E-state index contributed by atoms with van der Waals surface area (Å²) in [4.78, 5) is 0. The molecule has 0 atom stereocenters. The molecule has 2 aromatic carbocycles. The number of hydrogen-bond donors (Lipinski definition) is 1. The number of rotatable bonds is 2. The first kappa shape index (κ1) is 15.2. The van der Waals surface area contributed by atoms with Crippen molar-refractivity contribution >= 4 is 34.6 Å². The van der Waals surface area contributed by atoms with Crippen LogP contribution >= 0.6 is 23.2 Å². The van der Waals surface area contributed by atoms with Gasteiger partial charge in [-0.2, -0.15) is 0 Å². The van der Waals surface area contributed by atoms with Gasteiger partial charge in [-0.3, -0.25) is 0 Å². The summed E-state index contributed by atoms with van der Waals surface area (Å²) >= 11 is 12.6. The maximum Gasteiger partial charge on any atom is 0.0765 e. The van der Waals surface area contributed by atoms with Gasteiger partial charge in [-0.1, -0.05) is 68.2 Å². The number of aryl methyl sites for hydroxylation is 1. The first-order valence-corrected chi connectivity index (χ1v) is 7.37. The molecule has 0 fully saturated rings. The van der Waals surface area contributed by atoms with Crippen LogP contribution in [-0.2, 0) is 5.41 Å². The average molecular weight is 308 g/mol. The molecule has 0 heterocycles. The first-order chi connectivity index (χ1) is 9.30. The summed E-state index contributed by atoms with van der Waals surface area (Å²) in [6, 6.07) is 12.0. The zero-order valence-electron chi connectivity index (χ0n) is 12.2. The van der Waals surface area contributed by atoms with Crippen molar-refractivity contribution in [2.24, 2.45) is 0 Å². The van der Waals surface area contributed by atoms with Crippen LogP contribution in [0, 0.1) is 6.92 Å². The summed E-state index contributed by atoms with van der Waals surface area (Å²) in [5.74, 6) is 0. The molecule has 0 unspecified atom stereocenters. The molecular formula is C17H19Cl2N. The molecule has 0 aliphatic heterocycles. The van der Waals surface area contributed by atoms with Crippen LogP contribution in [0.5, 0.6) is 0 Å². The maximum absolute atomic E-state index is 6.37. The van der Waals surface area contributed by atoms with Crippen molar-refractivity contribution in [2.45, 2.75) is 33.1 Å². The molecule has 0 aromatic heterocycles.